The molecule has 2 atom stereocenters. The van der Waals surface area contributed by atoms with Crippen LogP contribution in [-0.4, -0.2) is 30.4 Å². The Hall–Kier alpha value is -3.58. The van der Waals surface area contributed by atoms with Crippen molar-refractivity contribution in [1.29, 1.82) is 0 Å². The molecule has 0 aromatic heterocycles. The number of ketones is 1. The van der Waals surface area contributed by atoms with Crippen molar-refractivity contribution in [3.63, 3.8) is 0 Å². The predicted molar refractivity (Wildman–Crippen MR) is 144 cm³/mol. The van der Waals surface area contributed by atoms with Gasteiger partial charge < -0.3 is 19.5 Å². The fraction of sp³-hybridized carbons (Fsp3) is 0.367. The van der Waals surface area contributed by atoms with E-state index >= 15 is 0 Å². The summed E-state index contributed by atoms with van der Waals surface area (Å²) in [5.41, 5.74) is 4.03. The van der Waals surface area contributed by atoms with Crippen LogP contribution >= 0.6 is 11.6 Å². The molecule has 38 heavy (non-hydrogen) atoms. The summed E-state index contributed by atoms with van der Waals surface area (Å²) < 4.78 is 16.7. The first-order valence-corrected chi connectivity index (χ1v) is 13.1. The van der Waals surface area contributed by atoms with Crippen molar-refractivity contribution in [2.24, 2.45) is 0 Å². The first-order valence-electron chi connectivity index (χ1n) is 12.7. The molecule has 0 amide bonds. The SMILES string of the molecule is CCOc1cc([C@@H]2C(C(=O)OC(C)C)=C(C)NC3=C2C(=O)C[C@H](c2ccc(Cl)cc2)C3)ccc1OC(C)=O. The first-order chi connectivity index (χ1) is 18.1. The number of dihydropyridines is 1. The molecule has 1 heterocycles. The van der Waals surface area contributed by atoms with Gasteiger partial charge >= 0.3 is 11.9 Å². The third kappa shape index (κ3) is 5.78. The molecule has 0 spiro atoms. The van der Waals surface area contributed by atoms with Gasteiger partial charge in [-0.1, -0.05) is 29.8 Å². The smallest absolute Gasteiger partial charge is 0.337 e. The normalized spacial score (nSPS) is 19.2. The molecule has 0 bridgehead atoms. The lowest BCUT2D eigenvalue weighted by Crippen LogP contribution is -2.36. The van der Waals surface area contributed by atoms with Crippen molar-refractivity contribution in [3.05, 3.63) is 81.2 Å². The minimum absolute atomic E-state index is 0.0195. The van der Waals surface area contributed by atoms with Crippen LogP contribution in [0, 0.1) is 0 Å². The highest BCUT2D eigenvalue weighted by atomic mass is 35.5. The van der Waals surface area contributed by atoms with Crippen molar-refractivity contribution < 1.29 is 28.6 Å². The minimum atomic E-state index is -0.665. The standard InChI is InChI=1S/C30H32ClNO6/c1-6-36-26-15-20(9-12-25(26)38-18(5)33)28-27(30(35)37-16(2)3)17(4)32-23-13-21(14-24(34)29(23)28)19-7-10-22(31)11-8-19/h7-12,15-16,21,28,32H,6,13-14H2,1-5H3/t21-,28-/m1/s1. The number of esters is 2. The molecule has 7 nitrogen and oxygen atoms in total. The van der Waals surface area contributed by atoms with Gasteiger partial charge in [0.2, 0.25) is 0 Å². The molecule has 1 N–H and O–H groups in total. The van der Waals surface area contributed by atoms with Crippen molar-refractivity contribution in [2.45, 2.75) is 65.4 Å². The Balaban J connectivity index is 1.83. The number of hydrogen-bond donors (Lipinski definition) is 1. The van der Waals surface area contributed by atoms with Crippen molar-refractivity contribution in [3.8, 4) is 11.5 Å². The van der Waals surface area contributed by atoms with Gasteiger partial charge in [-0.3, -0.25) is 9.59 Å². The summed E-state index contributed by atoms with van der Waals surface area (Å²) in [4.78, 5) is 38.8. The topological polar surface area (TPSA) is 90.9 Å². The van der Waals surface area contributed by atoms with Crippen LogP contribution in [0.15, 0.2) is 65.0 Å². The second-order valence-corrected chi connectivity index (χ2v) is 10.2. The Morgan fingerprint density at radius 3 is 2.37 bits per heavy atom. The molecule has 1 aliphatic heterocycles. The molecular formula is C30H32ClNO6. The lowest BCUT2D eigenvalue weighted by molar-refractivity contribution is -0.143. The van der Waals surface area contributed by atoms with Gasteiger partial charge in [-0.05, 0) is 75.4 Å². The molecule has 2 aliphatic rings. The number of ether oxygens (including phenoxy) is 3. The van der Waals surface area contributed by atoms with Crippen molar-refractivity contribution in [2.75, 3.05) is 6.61 Å². The van der Waals surface area contributed by atoms with E-state index in [1.165, 1.54) is 6.92 Å². The molecule has 0 fully saturated rings. The summed E-state index contributed by atoms with van der Waals surface area (Å²) in [7, 11) is 0. The lowest BCUT2D eigenvalue weighted by atomic mass is 9.71. The van der Waals surface area contributed by atoms with Crippen molar-refractivity contribution in [1.82, 2.24) is 5.32 Å². The highest BCUT2D eigenvalue weighted by Crippen LogP contribution is 2.47. The maximum atomic E-state index is 13.8. The predicted octanol–water partition coefficient (Wildman–Crippen LogP) is 5.98. The third-order valence-corrected chi connectivity index (χ3v) is 6.84. The largest absolute Gasteiger partial charge is 0.490 e. The van der Waals surface area contributed by atoms with Crippen LogP contribution in [0.2, 0.25) is 5.02 Å². The molecular weight excluding hydrogens is 506 g/mol. The lowest BCUT2D eigenvalue weighted by Gasteiger charge is -2.37. The van der Waals surface area contributed by atoms with Gasteiger partial charge in [0.05, 0.1) is 18.3 Å². The Labute approximate surface area is 227 Å². The Morgan fingerprint density at radius 2 is 1.74 bits per heavy atom. The molecule has 2 aromatic carbocycles. The summed E-state index contributed by atoms with van der Waals surface area (Å²) in [6.07, 6.45) is 0.571. The van der Waals surface area contributed by atoms with Crippen LogP contribution in [0.4, 0.5) is 0 Å². The number of rotatable bonds is 7. The van der Waals surface area contributed by atoms with E-state index in [2.05, 4.69) is 5.32 Å². The molecule has 2 aromatic rings. The van der Waals surface area contributed by atoms with Crippen LogP contribution in [0.3, 0.4) is 0 Å². The van der Waals surface area contributed by atoms with Crippen LogP contribution < -0.4 is 14.8 Å². The average Bonchev–Trinajstić information content (AvgIpc) is 2.84. The van der Waals surface area contributed by atoms with Crippen LogP contribution in [-0.2, 0) is 19.1 Å². The maximum Gasteiger partial charge on any atom is 0.337 e. The molecule has 1 aliphatic carbocycles. The number of allylic oxidation sites excluding steroid dienone is 3. The van der Waals surface area contributed by atoms with Gasteiger partial charge in [-0.25, -0.2) is 4.79 Å². The molecule has 0 saturated heterocycles. The quantitative estimate of drug-likeness (QED) is 0.343. The number of halogens is 1. The zero-order valence-electron chi connectivity index (χ0n) is 22.2. The van der Waals surface area contributed by atoms with Crippen LogP contribution in [0.25, 0.3) is 0 Å². The van der Waals surface area contributed by atoms with Gasteiger partial charge in [-0.2, -0.15) is 0 Å². The molecule has 8 heteroatoms. The van der Waals surface area contributed by atoms with E-state index in [-0.39, 0.29) is 23.6 Å². The fourth-order valence-electron chi connectivity index (χ4n) is 5.10. The van der Waals surface area contributed by atoms with Crippen LogP contribution in [0.1, 0.15) is 70.4 Å². The maximum absolute atomic E-state index is 13.8. The third-order valence-electron chi connectivity index (χ3n) is 6.59. The average molecular weight is 538 g/mol. The summed E-state index contributed by atoms with van der Waals surface area (Å²) >= 11 is 6.08. The number of benzene rings is 2. The monoisotopic (exact) mass is 537 g/mol. The molecule has 0 saturated carbocycles. The second kappa shape index (κ2) is 11.4. The number of nitrogens with one attached hydrogen (secondary N) is 1. The van der Waals surface area contributed by atoms with Crippen LogP contribution in [0.5, 0.6) is 11.5 Å². The van der Waals surface area contributed by atoms with E-state index in [0.717, 1.165) is 11.3 Å². The molecule has 4 rings (SSSR count). The Bertz CT molecular complexity index is 1320. The molecule has 0 unspecified atom stereocenters. The molecule has 200 valence electrons. The second-order valence-electron chi connectivity index (χ2n) is 9.76. The van der Waals surface area contributed by atoms with E-state index in [0.29, 0.717) is 52.6 Å². The zero-order valence-corrected chi connectivity index (χ0v) is 23.0. The van der Waals surface area contributed by atoms with E-state index in [9.17, 15) is 14.4 Å². The summed E-state index contributed by atoms with van der Waals surface area (Å²) in [6.45, 7) is 8.88. The van der Waals surface area contributed by atoms with Gasteiger partial charge in [0.25, 0.3) is 0 Å². The highest BCUT2D eigenvalue weighted by Gasteiger charge is 2.42. The Morgan fingerprint density at radius 1 is 1.05 bits per heavy atom. The van der Waals surface area contributed by atoms with E-state index in [1.54, 1.807) is 32.0 Å². The van der Waals surface area contributed by atoms with Gasteiger partial charge in [0.15, 0.2) is 17.3 Å². The Kier molecular flexibility index (Phi) is 8.26. The number of hydrogen-bond acceptors (Lipinski definition) is 7. The number of carbonyl (C=O) groups is 3. The van der Waals surface area contributed by atoms with E-state index < -0.39 is 17.9 Å². The van der Waals surface area contributed by atoms with Crippen molar-refractivity contribution >= 4 is 29.3 Å². The van der Waals surface area contributed by atoms with E-state index in [4.69, 9.17) is 25.8 Å². The summed E-state index contributed by atoms with van der Waals surface area (Å²) in [5, 5.41) is 3.99. The summed E-state index contributed by atoms with van der Waals surface area (Å²) in [5.74, 6) is -1.06. The van der Waals surface area contributed by atoms with Gasteiger partial charge in [0.1, 0.15) is 0 Å². The minimum Gasteiger partial charge on any atom is -0.490 e. The molecule has 0 radical (unpaired) electrons. The van der Waals surface area contributed by atoms with E-state index in [1.807, 2.05) is 38.1 Å². The summed E-state index contributed by atoms with van der Waals surface area (Å²) in [6, 6.07) is 12.7. The number of carbonyl (C=O) groups excluding carboxylic acids is 3. The zero-order chi connectivity index (χ0) is 27.6. The van der Waals surface area contributed by atoms with Gasteiger partial charge in [-0.15, -0.1) is 0 Å². The van der Waals surface area contributed by atoms with Gasteiger partial charge in [0, 0.05) is 41.3 Å². The number of Topliss-reactive ketones (excluding diaryl/α,β-unsaturated/α-hetero) is 1. The fourth-order valence-corrected chi connectivity index (χ4v) is 5.23. The highest BCUT2D eigenvalue weighted by molar-refractivity contribution is 6.30. The first kappa shape index (κ1) is 27.5.